The van der Waals surface area contributed by atoms with Crippen LogP contribution in [0, 0.1) is 0 Å². The van der Waals surface area contributed by atoms with Gasteiger partial charge < -0.3 is 39.6 Å². The lowest BCUT2D eigenvalue weighted by atomic mass is 9.99. The molecule has 1 atom stereocenters. The van der Waals surface area contributed by atoms with Gasteiger partial charge in [-0.15, -0.1) is 0 Å². The van der Waals surface area contributed by atoms with Gasteiger partial charge in [0.05, 0.1) is 66.7 Å². The van der Waals surface area contributed by atoms with Crippen LogP contribution < -0.4 is 26.4 Å². The number of likely N-dealkylation sites (N-methyl/N-ethyl adjacent to an activating group) is 1. The fraction of sp³-hybridized carbons (Fsp3) is 0.463. The molecular weight excluding hydrogens is 992 g/mol. The number of aromatic amines is 1. The molecule has 4 aliphatic heterocycles. The Balaban J connectivity index is 0.688. The molecule has 0 radical (unpaired) electrons. The van der Waals surface area contributed by atoms with E-state index in [1.54, 1.807) is 24.3 Å². The maximum atomic E-state index is 13.9. The summed E-state index contributed by atoms with van der Waals surface area (Å²) in [6.45, 7) is 10.2. The maximum absolute atomic E-state index is 13.9. The Labute approximate surface area is 438 Å². The molecule has 22 heteroatoms. The van der Waals surface area contributed by atoms with Crippen LogP contribution >= 0.6 is 0 Å². The summed E-state index contributed by atoms with van der Waals surface area (Å²) >= 11 is 0. The number of benzene rings is 3. The number of pyridine rings is 1. The number of imide groups is 2. The Morgan fingerprint density at radius 3 is 2.20 bits per heavy atom. The third-order valence-corrected chi connectivity index (χ3v) is 14.0. The molecule has 1 unspecified atom stereocenters. The Bertz CT molecular complexity index is 2810. The Morgan fingerprint density at radius 1 is 0.763 bits per heavy atom. The average molecular weight is 1060 g/mol. The van der Waals surface area contributed by atoms with Gasteiger partial charge in [-0.2, -0.15) is 13.2 Å². The van der Waals surface area contributed by atoms with Gasteiger partial charge in [-0.25, -0.2) is 0 Å². The van der Waals surface area contributed by atoms with E-state index < -0.39 is 58.4 Å². The van der Waals surface area contributed by atoms with Crippen LogP contribution in [0.5, 0.6) is 0 Å². The smallest absolute Gasteiger partial charge is 0.379 e. The van der Waals surface area contributed by atoms with Crippen LogP contribution in [0.15, 0.2) is 77.7 Å². The number of amides is 6. The highest BCUT2D eigenvalue weighted by Crippen LogP contribution is 2.36. The molecule has 4 aromatic rings. The number of alkyl halides is 3. The maximum Gasteiger partial charge on any atom is 0.417 e. The van der Waals surface area contributed by atoms with Crippen LogP contribution in [-0.4, -0.2) is 178 Å². The van der Waals surface area contributed by atoms with Crippen molar-refractivity contribution in [3.63, 3.8) is 0 Å². The molecule has 4 aliphatic rings. The second kappa shape index (κ2) is 25.8. The molecule has 76 heavy (non-hydrogen) atoms. The SMILES string of the molecule is CN1CCN(c2ccc(-c3cccc(CN4CCN(CCNC(=O)CCOCCOCCOCCCc5cccc6c5C(=O)N(C5CCC(=O)NC5=O)C6=O)CC4)c3)cc2NC(=O)c2c[nH]c(=O)cc2C(F)(F)F)CC1. The number of rotatable bonds is 23. The van der Waals surface area contributed by atoms with Crippen molar-refractivity contribution in [2.45, 2.75) is 50.9 Å². The van der Waals surface area contributed by atoms with Gasteiger partial charge in [-0.3, -0.25) is 53.6 Å². The number of halogens is 3. The number of nitrogens with one attached hydrogen (secondary N) is 4. The summed E-state index contributed by atoms with van der Waals surface area (Å²) in [5, 5.41) is 7.92. The second-order valence-electron chi connectivity index (χ2n) is 19.2. The van der Waals surface area contributed by atoms with Gasteiger partial charge in [0.15, 0.2) is 0 Å². The van der Waals surface area contributed by atoms with E-state index in [1.165, 1.54) is 0 Å². The number of hydrogen-bond donors (Lipinski definition) is 4. The minimum absolute atomic E-state index is 0.0580. The first kappa shape index (κ1) is 55.4. The Hall–Kier alpha value is -6.82. The highest BCUT2D eigenvalue weighted by atomic mass is 19.4. The molecule has 5 heterocycles. The first-order chi connectivity index (χ1) is 36.6. The first-order valence-corrected chi connectivity index (χ1v) is 25.7. The second-order valence-corrected chi connectivity index (χ2v) is 19.2. The third-order valence-electron chi connectivity index (χ3n) is 14.0. The number of carbonyl (C=O) groups is 6. The number of aryl methyl sites for hydroxylation is 1. The van der Waals surface area contributed by atoms with Crippen molar-refractivity contribution in [3.8, 4) is 11.1 Å². The number of aromatic nitrogens is 1. The van der Waals surface area contributed by atoms with Gasteiger partial charge in [0.2, 0.25) is 23.3 Å². The number of piperazine rings is 2. The number of anilines is 2. The van der Waals surface area contributed by atoms with Gasteiger partial charge in [0.1, 0.15) is 6.04 Å². The predicted octanol–water partition coefficient (Wildman–Crippen LogP) is 3.77. The molecule has 4 N–H and O–H groups in total. The molecule has 3 saturated heterocycles. The number of ether oxygens (including phenoxy) is 3. The molecule has 406 valence electrons. The standard InChI is InChI=1S/C54H64F3N9O10/c1-62-17-23-65(24-18-62)44-11-10-39(32-43(44)60-50(70)41-34-59-48(69)33-42(41)54(55,56)57)38-7-2-5-36(31-38)35-64-21-19-63(20-22-64)16-15-58-46(67)14-26-75-28-30-76-29-27-74-25-4-8-37-6-3-9-40-49(37)53(73)66(52(40)72)45-12-13-47(68)61-51(45)71/h2-3,5-7,9-11,31-34,45H,4,8,12-30,35H2,1H3,(H,58,67)(H,59,69)(H,60,70)(H,61,68,71). The normalized spacial score (nSPS) is 17.8. The van der Waals surface area contributed by atoms with E-state index in [9.17, 15) is 46.7 Å². The Kier molecular flexibility index (Phi) is 18.8. The lowest BCUT2D eigenvalue weighted by Crippen LogP contribution is -2.54. The van der Waals surface area contributed by atoms with E-state index in [4.69, 9.17) is 14.2 Å². The molecule has 19 nitrogen and oxygen atoms in total. The zero-order valence-corrected chi connectivity index (χ0v) is 42.5. The van der Waals surface area contributed by atoms with Crippen molar-refractivity contribution < 1.29 is 56.1 Å². The molecular formula is C54H64F3N9O10. The van der Waals surface area contributed by atoms with E-state index in [0.29, 0.717) is 107 Å². The molecule has 0 bridgehead atoms. The van der Waals surface area contributed by atoms with Crippen LogP contribution in [0.2, 0.25) is 0 Å². The van der Waals surface area contributed by atoms with E-state index in [1.807, 2.05) is 31.3 Å². The summed E-state index contributed by atoms with van der Waals surface area (Å²) in [7, 11) is 2.02. The number of hydrogen-bond acceptors (Lipinski definition) is 14. The van der Waals surface area contributed by atoms with E-state index >= 15 is 0 Å². The van der Waals surface area contributed by atoms with Crippen molar-refractivity contribution in [2.75, 3.05) is 122 Å². The molecule has 0 aliphatic carbocycles. The van der Waals surface area contributed by atoms with E-state index in [-0.39, 0.29) is 37.3 Å². The fourth-order valence-corrected chi connectivity index (χ4v) is 9.81. The zero-order chi connectivity index (χ0) is 53.8. The summed E-state index contributed by atoms with van der Waals surface area (Å²) < 4.78 is 58.6. The van der Waals surface area contributed by atoms with Crippen LogP contribution in [0.4, 0.5) is 24.5 Å². The largest absolute Gasteiger partial charge is 0.417 e. The lowest BCUT2D eigenvalue weighted by molar-refractivity contribution is -0.138. The quantitative estimate of drug-likeness (QED) is 0.0615. The zero-order valence-electron chi connectivity index (χ0n) is 42.5. The molecule has 0 spiro atoms. The molecule has 8 rings (SSSR count). The molecule has 0 saturated carbocycles. The Morgan fingerprint density at radius 2 is 1.46 bits per heavy atom. The van der Waals surface area contributed by atoms with Gasteiger partial charge in [-0.05, 0) is 72.8 Å². The number of piperidine rings is 1. The van der Waals surface area contributed by atoms with Gasteiger partial charge >= 0.3 is 6.18 Å². The summed E-state index contributed by atoms with van der Waals surface area (Å²) in [6, 6.07) is 18.1. The first-order valence-electron chi connectivity index (χ1n) is 25.7. The van der Waals surface area contributed by atoms with E-state index in [0.717, 1.165) is 67.1 Å². The van der Waals surface area contributed by atoms with Crippen LogP contribution in [-0.2, 0) is 47.7 Å². The molecule has 3 aromatic carbocycles. The van der Waals surface area contributed by atoms with Crippen molar-refractivity contribution in [1.82, 2.24) is 35.2 Å². The highest BCUT2D eigenvalue weighted by Gasteiger charge is 2.45. The van der Waals surface area contributed by atoms with Gasteiger partial charge in [0, 0.05) is 104 Å². The third kappa shape index (κ3) is 14.4. The monoisotopic (exact) mass is 1060 g/mol. The summed E-state index contributed by atoms with van der Waals surface area (Å²) in [5.41, 5.74) is 2.11. The van der Waals surface area contributed by atoms with Crippen molar-refractivity contribution in [3.05, 3.63) is 117 Å². The van der Waals surface area contributed by atoms with Crippen LogP contribution in [0.3, 0.4) is 0 Å². The van der Waals surface area contributed by atoms with Crippen molar-refractivity contribution in [1.29, 1.82) is 0 Å². The number of nitrogens with zero attached hydrogens (tertiary/aromatic N) is 5. The van der Waals surface area contributed by atoms with Gasteiger partial charge in [0.25, 0.3) is 17.7 Å². The molecule has 6 amide bonds. The summed E-state index contributed by atoms with van der Waals surface area (Å²) in [4.78, 5) is 100. The summed E-state index contributed by atoms with van der Waals surface area (Å²) in [6.07, 6.45) is -2.64. The number of H-pyrrole nitrogens is 1. The fourth-order valence-electron chi connectivity index (χ4n) is 9.81. The number of fused-ring (bicyclic) bond motifs is 1. The summed E-state index contributed by atoms with van der Waals surface area (Å²) in [5.74, 6) is -3.20. The molecule has 3 fully saturated rings. The van der Waals surface area contributed by atoms with E-state index in [2.05, 4.69) is 52.7 Å². The predicted molar refractivity (Wildman–Crippen MR) is 275 cm³/mol. The minimum atomic E-state index is -4.91. The van der Waals surface area contributed by atoms with Crippen LogP contribution in [0.25, 0.3) is 11.1 Å². The lowest BCUT2D eigenvalue weighted by Gasteiger charge is -2.35. The van der Waals surface area contributed by atoms with Crippen molar-refractivity contribution >= 4 is 46.8 Å². The van der Waals surface area contributed by atoms with Crippen LogP contribution in [0.1, 0.15) is 73.4 Å². The average Bonchev–Trinajstić information content (AvgIpc) is 3.67. The van der Waals surface area contributed by atoms with Gasteiger partial charge in [-0.1, -0.05) is 36.4 Å². The highest BCUT2D eigenvalue weighted by molar-refractivity contribution is 6.24. The minimum Gasteiger partial charge on any atom is -0.379 e. The van der Waals surface area contributed by atoms with Crippen molar-refractivity contribution in [2.24, 2.45) is 0 Å². The topological polar surface area (TPSA) is 215 Å². The molecule has 1 aromatic heterocycles. The number of carbonyl (C=O) groups excluding carboxylic acids is 6.